The van der Waals surface area contributed by atoms with E-state index in [0.717, 1.165) is 15.4 Å². The molecule has 1 N–H and O–H groups in total. The van der Waals surface area contributed by atoms with Gasteiger partial charge in [-0.05, 0) is 75.2 Å². The van der Waals surface area contributed by atoms with Crippen molar-refractivity contribution < 1.29 is 22.7 Å². The third-order valence-electron chi connectivity index (χ3n) is 6.08. The van der Waals surface area contributed by atoms with Gasteiger partial charge < -0.3 is 15.0 Å². The minimum atomic E-state index is -4.19. The van der Waals surface area contributed by atoms with E-state index in [1.807, 2.05) is 20.8 Å². The Kier molecular flexibility index (Phi) is 9.99. The molecule has 39 heavy (non-hydrogen) atoms. The Morgan fingerprint density at radius 2 is 1.62 bits per heavy atom. The van der Waals surface area contributed by atoms with Crippen LogP contribution in [0.25, 0.3) is 0 Å². The van der Waals surface area contributed by atoms with Crippen LogP contribution in [0, 0.1) is 6.92 Å². The van der Waals surface area contributed by atoms with E-state index in [4.69, 9.17) is 16.3 Å². The maximum absolute atomic E-state index is 14.0. The van der Waals surface area contributed by atoms with Crippen molar-refractivity contribution >= 4 is 39.1 Å². The van der Waals surface area contributed by atoms with Crippen molar-refractivity contribution in [3.05, 3.63) is 88.9 Å². The number of amides is 2. The van der Waals surface area contributed by atoms with Crippen molar-refractivity contribution in [2.75, 3.05) is 18.0 Å². The van der Waals surface area contributed by atoms with Gasteiger partial charge in [0.1, 0.15) is 18.3 Å². The first-order valence-electron chi connectivity index (χ1n) is 12.5. The average Bonchev–Trinajstić information content (AvgIpc) is 2.90. The molecule has 0 aromatic heterocycles. The first-order valence-corrected chi connectivity index (χ1v) is 14.3. The van der Waals surface area contributed by atoms with Crippen LogP contribution in [-0.2, 0) is 26.2 Å². The number of halogens is 1. The Labute approximate surface area is 235 Å². The number of rotatable bonds is 11. The molecular weight excluding hydrogens is 538 g/mol. The van der Waals surface area contributed by atoms with Gasteiger partial charge in [0.15, 0.2) is 0 Å². The average molecular weight is 572 g/mol. The van der Waals surface area contributed by atoms with Crippen LogP contribution in [0.2, 0.25) is 5.02 Å². The largest absolute Gasteiger partial charge is 0.495 e. The van der Waals surface area contributed by atoms with E-state index in [1.165, 1.54) is 24.1 Å². The van der Waals surface area contributed by atoms with E-state index in [2.05, 4.69) is 5.32 Å². The topological polar surface area (TPSA) is 96.0 Å². The summed E-state index contributed by atoms with van der Waals surface area (Å²) in [6.45, 7) is 6.62. The van der Waals surface area contributed by atoms with Crippen molar-refractivity contribution in [1.82, 2.24) is 10.2 Å². The first kappa shape index (κ1) is 30.0. The highest BCUT2D eigenvalue weighted by molar-refractivity contribution is 7.92. The summed E-state index contributed by atoms with van der Waals surface area (Å²) in [5.41, 5.74) is 1.75. The molecule has 3 aromatic rings. The molecule has 0 spiro atoms. The van der Waals surface area contributed by atoms with Gasteiger partial charge in [-0.1, -0.05) is 48.0 Å². The van der Waals surface area contributed by atoms with Crippen LogP contribution in [0.5, 0.6) is 5.75 Å². The lowest BCUT2D eigenvalue weighted by Gasteiger charge is -2.32. The van der Waals surface area contributed by atoms with E-state index in [0.29, 0.717) is 10.8 Å². The number of sulfonamides is 1. The van der Waals surface area contributed by atoms with Gasteiger partial charge in [-0.15, -0.1) is 0 Å². The van der Waals surface area contributed by atoms with Crippen molar-refractivity contribution in [3.63, 3.8) is 0 Å². The zero-order valence-corrected chi connectivity index (χ0v) is 24.3. The molecule has 8 nitrogen and oxygen atoms in total. The number of hydrogen-bond donors (Lipinski definition) is 1. The highest BCUT2D eigenvalue weighted by Gasteiger charge is 2.34. The maximum Gasteiger partial charge on any atom is 0.264 e. The highest BCUT2D eigenvalue weighted by Crippen LogP contribution is 2.33. The van der Waals surface area contributed by atoms with Crippen molar-refractivity contribution in [2.24, 2.45) is 0 Å². The Balaban J connectivity index is 2.08. The van der Waals surface area contributed by atoms with Crippen LogP contribution in [-0.4, -0.2) is 50.9 Å². The zero-order valence-electron chi connectivity index (χ0n) is 22.7. The Bertz CT molecular complexity index is 1400. The summed E-state index contributed by atoms with van der Waals surface area (Å²) >= 11 is 6.04. The number of nitrogens with one attached hydrogen (secondary N) is 1. The summed E-state index contributed by atoms with van der Waals surface area (Å²) in [6.07, 6.45) is 0. The molecule has 0 fully saturated rings. The van der Waals surface area contributed by atoms with Crippen LogP contribution < -0.4 is 14.4 Å². The predicted octanol–water partition coefficient (Wildman–Crippen LogP) is 4.79. The number of nitrogens with zero attached hydrogens (tertiary/aromatic N) is 2. The third kappa shape index (κ3) is 7.52. The molecule has 0 radical (unpaired) electrons. The number of benzene rings is 3. The Hall–Kier alpha value is -3.56. The SMILES string of the molecule is COc1ccc(C)cc1N(CC(=O)N(Cc1ccc(Cl)cc1)[C@@H](C)C(=O)NC(C)C)S(=O)(=O)c1ccccc1. The minimum absolute atomic E-state index is 0.0243. The lowest BCUT2D eigenvalue weighted by Crippen LogP contribution is -2.52. The monoisotopic (exact) mass is 571 g/mol. The third-order valence-corrected chi connectivity index (χ3v) is 8.10. The summed E-state index contributed by atoms with van der Waals surface area (Å²) in [5, 5.41) is 3.37. The zero-order chi connectivity index (χ0) is 28.7. The normalized spacial score (nSPS) is 12.1. The van der Waals surface area contributed by atoms with Gasteiger partial charge >= 0.3 is 0 Å². The van der Waals surface area contributed by atoms with E-state index in [1.54, 1.807) is 67.6 Å². The highest BCUT2D eigenvalue weighted by atomic mass is 35.5. The Morgan fingerprint density at radius 3 is 2.21 bits per heavy atom. The summed E-state index contributed by atoms with van der Waals surface area (Å²) in [7, 11) is -2.75. The molecule has 1 atom stereocenters. The molecule has 208 valence electrons. The number of hydrogen-bond acceptors (Lipinski definition) is 5. The second-order valence-electron chi connectivity index (χ2n) is 9.49. The molecule has 0 unspecified atom stereocenters. The van der Waals surface area contributed by atoms with Gasteiger partial charge in [0, 0.05) is 17.6 Å². The smallest absolute Gasteiger partial charge is 0.264 e. The van der Waals surface area contributed by atoms with E-state index < -0.39 is 28.5 Å². The number of anilines is 1. The van der Waals surface area contributed by atoms with Crippen LogP contribution in [0.4, 0.5) is 5.69 Å². The van der Waals surface area contributed by atoms with Gasteiger partial charge in [0.05, 0.1) is 17.7 Å². The molecule has 0 saturated carbocycles. The number of aryl methyl sites for hydroxylation is 1. The van der Waals surface area contributed by atoms with Gasteiger partial charge in [-0.2, -0.15) is 0 Å². The van der Waals surface area contributed by atoms with E-state index >= 15 is 0 Å². The van der Waals surface area contributed by atoms with Crippen LogP contribution in [0.1, 0.15) is 31.9 Å². The van der Waals surface area contributed by atoms with Crippen LogP contribution >= 0.6 is 11.6 Å². The second-order valence-corrected chi connectivity index (χ2v) is 11.8. The first-order chi connectivity index (χ1) is 18.4. The summed E-state index contributed by atoms with van der Waals surface area (Å²) in [4.78, 5) is 28.3. The molecule has 3 rings (SSSR count). The molecule has 0 aliphatic rings. The minimum Gasteiger partial charge on any atom is -0.495 e. The molecular formula is C29H34ClN3O5S. The molecule has 3 aromatic carbocycles. The van der Waals surface area contributed by atoms with Crippen molar-refractivity contribution in [3.8, 4) is 5.75 Å². The fourth-order valence-corrected chi connectivity index (χ4v) is 5.57. The lowest BCUT2D eigenvalue weighted by atomic mass is 10.1. The van der Waals surface area contributed by atoms with Gasteiger partial charge in [0.25, 0.3) is 10.0 Å². The number of methoxy groups -OCH3 is 1. The van der Waals surface area contributed by atoms with Gasteiger partial charge in [-0.3, -0.25) is 13.9 Å². The number of carbonyl (C=O) groups is 2. The summed E-state index contributed by atoms with van der Waals surface area (Å²) in [5.74, 6) is -0.611. The Morgan fingerprint density at radius 1 is 0.974 bits per heavy atom. The summed E-state index contributed by atoms with van der Waals surface area (Å²) < 4.78 is 34.4. The lowest BCUT2D eigenvalue weighted by molar-refractivity contribution is -0.139. The number of ether oxygens (including phenoxy) is 1. The molecule has 0 aliphatic heterocycles. The second kappa shape index (κ2) is 13.0. The fourth-order valence-electron chi connectivity index (χ4n) is 4.00. The summed E-state index contributed by atoms with van der Waals surface area (Å²) in [6, 6.07) is 18.9. The maximum atomic E-state index is 14.0. The van der Waals surface area contributed by atoms with E-state index in [9.17, 15) is 18.0 Å². The quantitative estimate of drug-likeness (QED) is 0.357. The van der Waals surface area contributed by atoms with Gasteiger partial charge in [0.2, 0.25) is 11.8 Å². The molecule has 2 amide bonds. The van der Waals surface area contributed by atoms with Gasteiger partial charge in [-0.25, -0.2) is 8.42 Å². The standard InChI is InChI=1S/C29H34ClN3O5S/c1-20(2)31-29(35)22(4)32(18-23-12-14-24(30)15-13-23)28(34)19-33(26-17-21(3)11-16-27(26)38-5)39(36,37)25-9-7-6-8-10-25/h6-17,20,22H,18-19H2,1-5H3,(H,31,35)/t22-/m0/s1. The van der Waals surface area contributed by atoms with Crippen LogP contribution in [0.3, 0.4) is 0 Å². The number of carbonyl (C=O) groups excluding carboxylic acids is 2. The predicted molar refractivity (Wildman–Crippen MR) is 153 cm³/mol. The molecule has 0 saturated heterocycles. The molecule has 0 aliphatic carbocycles. The van der Waals surface area contributed by atoms with Crippen molar-refractivity contribution in [1.29, 1.82) is 0 Å². The van der Waals surface area contributed by atoms with E-state index in [-0.39, 0.29) is 29.1 Å². The van der Waals surface area contributed by atoms with Crippen molar-refractivity contribution in [2.45, 2.75) is 51.2 Å². The molecule has 10 heteroatoms. The molecule has 0 bridgehead atoms. The molecule has 0 heterocycles. The van der Waals surface area contributed by atoms with Crippen LogP contribution in [0.15, 0.2) is 77.7 Å². The fraction of sp³-hybridized carbons (Fsp3) is 0.310.